The first-order valence-corrected chi connectivity index (χ1v) is 11.7. The number of amides is 3. The Balaban J connectivity index is 1.88. The van der Waals surface area contributed by atoms with Crippen LogP contribution in [0.1, 0.15) is 45.7 Å². The molecule has 0 radical (unpaired) electrons. The molecule has 0 bridgehead atoms. The van der Waals surface area contributed by atoms with E-state index in [1.54, 1.807) is 14.0 Å². The normalized spacial score (nSPS) is 21.9. The molecule has 8 nitrogen and oxygen atoms in total. The van der Waals surface area contributed by atoms with Gasteiger partial charge in [0.05, 0.1) is 18.2 Å². The van der Waals surface area contributed by atoms with Gasteiger partial charge in [0.25, 0.3) is 0 Å². The van der Waals surface area contributed by atoms with Gasteiger partial charge in [-0.25, -0.2) is 9.59 Å². The van der Waals surface area contributed by atoms with E-state index in [0.717, 1.165) is 5.56 Å². The third-order valence-corrected chi connectivity index (χ3v) is 6.19. The molecule has 1 N–H and O–H groups in total. The monoisotopic (exact) mass is 456 g/mol. The van der Waals surface area contributed by atoms with Crippen LogP contribution in [0.5, 0.6) is 0 Å². The molecule has 2 atom stereocenters. The zero-order valence-electron chi connectivity index (χ0n) is 20.3. The van der Waals surface area contributed by atoms with E-state index in [-0.39, 0.29) is 24.6 Å². The quantitative estimate of drug-likeness (QED) is 0.638. The molecule has 2 heterocycles. The minimum Gasteiger partial charge on any atom is -0.463 e. The molecule has 8 heteroatoms. The maximum absolute atomic E-state index is 13.1. The van der Waals surface area contributed by atoms with Crippen LogP contribution in [0.2, 0.25) is 0 Å². The standard InChI is InChI=1S/C25H36N4O4/c1-6-33-24(31)22-20(27(5)25(32)26-23(22)19-10-8-7-9-11-19)16-28-12-13-29(18(4)15-28)21(30)14-17(2)3/h7-11,17-18,23H,6,12-16H2,1-5H3,(H,26,32)/t18-,23-/m1/s1. The Morgan fingerprint density at radius 3 is 2.48 bits per heavy atom. The lowest BCUT2D eigenvalue weighted by molar-refractivity contribution is -0.139. The van der Waals surface area contributed by atoms with Gasteiger partial charge >= 0.3 is 12.0 Å². The average Bonchev–Trinajstić information content (AvgIpc) is 2.77. The number of likely N-dealkylation sites (N-methyl/N-ethyl adjacent to an activating group) is 1. The smallest absolute Gasteiger partial charge is 0.338 e. The minimum atomic E-state index is -0.574. The second-order valence-electron chi connectivity index (χ2n) is 9.20. The molecule has 2 aliphatic heterocycles. The van der Waals surface area contributed by atoms with Crippen molar-refractivity contribution in [1.29, 1.82) is 0 Å². The van der Waals surface area contributed by atoms with E-state index in [1.807, 2.05) is 35.2 Å². The molecule has 0 spiro atoms. The summed E-state index contributed by atoms with van der Waals surface area (Å²) in [5.41, 5.74) is 1.92. The van der Waals surface area contributed by atoms with Crippen molar-refractivity contribution in [3.8, 4) is 0 Å². The molecule has 3 rings (SSSR count). The molecule has 33 heavy (non-hydrogen) atoms. The van der Waals surface area contributed by atoms with Gasteiger partial charge in [0.15, 0.2) is 0 Å². The number of nitrogens with zero attached hydrogens (tertiary/aromatic N) is 3. The lowest BCUT2D eigenvalue weighted by atomic mass is 9.94. The van der Waals surface area contributed by atoms with Gasteiger partial charge in [0, 0.05) is 51.4 Å². The van der Waals surface area contributed by atoms with Crippen molar-refractivity contribution in [2.24, 2.45) is 5.92 Å². The van der Waals surface area contributed by atoms with E-state index in [4.69, 9.17) is 4.74 Å². The second-order valence-corrected chi connectivity index (χ2v) is 9.20. The zero-order valence-corrected chi connectivity index (χ0v) is 20.3. The highest BCUT2D eigenvalue weighted by molar-refractivity contribution is 5.95. The van der Waals surface area contributed by atoms with Crippen LogP contribution in [-0.2, 0) is 14.3 Å². The van der Waals surface area contributed by atoms with E-state index < -0.39 is 12.0 Å². The second kappa shape index (κ2) is 10.8. The third kappa shape index (κ3) is 5.74. The molecule has 1 aromatic carbocycles. The predicted octanol–water partition coefficient (Wildman–Crippen LogP) is 2.78. The predicted molar refractivity (Wildman–Crippen MR) is 126 cm³/mol. The largest absolute Gasteiger partial charge is 0.463 e. The van der Waals surface area contributed by atoms with Crippen molar-refractivity contribution >= 4 is 17.9 Å². The van der Waals surface area contributed by atoms with Crippen LogP contribution in [0.3, 0.4) is 0 Å². The van der Waals surface area contributed by atoms with E-state index in [1.165, 1.54) is 4.90 Å². The number of carbonyl (C=O) groups excluding carboxylic acids is 3. The molecule has 0 aliphatic carbocycles. The maximum atomic E-state index is 13.1. The Morgan fingerprint density at radius 1 is 1.18 bits per heavy atom. The first kappa shape index (κ1) is 24.8. The molecule has 1 aromatic rings. The summed E-state index contributed by atoms with van der Waals surface area (Å²) in [7, 11) is 1.68. The van der Waals surface area contributed by atoms with Gasteiger partial charge in [-0.3, -0.25) is 14.6 Å². The first-order valence-electron chi connectivity index (χ1n) is 11.7. The molecule has 0 unspecified atom stereocenters. The van der Waals surface area contributed by atoms with Crippen molar-refractivity contribution in [3.05, 3.63) is 47.2 Å². The number of benzene rings is 1. The van der Waals surface area contributed by atoms with Crippen LogP contribution < -0.4 is 5.32 Å². The van der Waals surface area contributed by atoms with Gasteiger partial charge in [-0.1, -0.05) is 44.2 Å². The number of carbonyl (C=O) groups is 3. The van der Waals surface area contributed by atoms with Gasteiger partial charge < -0.3 is 15.0 Å². The Morgan fingerprint density at radius 2 is 1.88 bits per heavy atom. The Labute approximate surface area is 196 Å². The van der Waals surface area contributed by atoms with Crippen LogP contribution >= 0.6 is 0 Å². The fourth-order valence-corrected chi connectivity index (χ4v) is 4.52. The molecule has 1 saturated heterocycles. The van der Waals surface area contributed by atoms with Gasteiger partial charge in [-0.05, 0) is 25.3 Å². The molecule has 0 aromatic heterocycles. The lowest BCUT2D eigenvalue weighted by Crippen LogP contribution is -2.56. The van der Waals surface area contributed by atoms with Crippen molar-refractivity contribution in [2.45, 2.75) is 46.2 Å². The molecule has 3 amide bonds. The van der Waals surface area contributed by atoms with Crippen LogP contribution in [0, 0.1) is 5.92 Å². The zero-order chi connectivity index (χ0) is 24.1. The summed E-state index contributed by atoms with van der Waals surface area (Å²) in [6, 6.07) is 8.69. The van der Waals surface area contributed by atoms with Crippen molar-refractivity contribution in [2.75, 3.05) is 39.8 Å². The first-order chi connectivity index (χ1) is 15.7. The molecule has 2 aliphatic rings. The number of piperazine rings is 1. The van der Waals surface area contributed by atoms with Gasteiger partial charge in [0.2, 0.25) is 5.91 Å². The van der Waals surface area contributed by atoms with Gasteiger partial charge in [-0.2, -0.15) is 0 Å². The molecular formula is C25H36N4O4. The summed E-state index contributed by atoms with van der Waals surface area (Å²) in [5, 5.41) is 2.94. The maximum Gasteiger partial charge on any atom is 0.338 e. The van der Waals surface area contributed by atoms with Crippen LogP contribution in [-0.4, -0.2) is 78.5 Å². The number of esters is 1. The van der Waals surface area contributed by atoms with E-state index in [2.05, 4.69) is 31.0 Å². The number of hydrogen-bond donors (Lipinski definition) is 1. The summed E-state index contributed by atoms with van der Waals surface area (Å²) in [5.74, 6) is 0.0817. The third-order valence-electron chi connectivity index (χ3n) is 6.19. The highest BCUT2D eigenvalue weighted by Crippen LogP contribution is 2.31. The SMILES string of the molecule is CCOC(=O)C1=C(CN2CCN(C(=O)CC(C)C)[C@H](C)C2)N(C)C(=O)N[C@@H]1c1ccccc1. The number of urea groups is 1. The molecule has 180 valence electrons. The van der Waals surface area contributed by atoms with E-state index in [0.29, 0.717) is 49.8 Å². The van der Waals surface area contributed by atoms with Crippen LogP contribution in [0.15, 0.2) is 41.6 Å². The molecule has 1 fully saturated rings. The Kier molecular flexibility index (Phi) is 8.13. The van der Waals surface area contributed by atoms with Gasteiger partial charge in [-0.15, -0.1) is 0 Å². The van der Waals surface area contributed by atoms with E-state index >= 15 is 0 Å². The molecule has 0 saturated carbocycles. The van der Waals surface area contributed by atoms with Gasteiger partial charge in [0.1, 0.15) is 0 Å². The lowest BCUT2D eigenvalue weighted by Gasteiger charge is -2.42. The highest BCUT2D eigenvalue weighted by Gasteiger charge is 2.38. The number of nitrogens with one attached hydrogen (secondary N) is 1. The summed E-state index contributed by atoms with van der Waals surface area (Å²) < 4.78 is 5.40. The Bertz CT molecular complexity index is 899. The van der Waals surface area contributed by atoms with Crippen LogP contribution in [0.4, 0.5) is 4.79 Å². The van der Waals surface area contributed by atoms with Crippen molar-refractivity contribution in [1.82, 2.24) is 20.0 Å². The average molecular weight is 457 g/mol. The van der Waals surface area contributed by atoms with Crippen molar-refractivity contribution < 1.29 is 19.1 Å². The van der Waals surface area contributed by atoms with Crippen LogP contribution in [0.25, 0.3) is 0 Å². The topological polar surface area (TPSA) is 82.2 Å². The summed E-state index contributed by atoms with van der Waals surface area (Å²) in [6.45, 7) is 10.6. The number of hydrogen-bond acceptors (Lipinski definition) is 5. The number of rotatable bonds is 7. The van der Waals surface area contributed by atoms with E-state index in [9.17, 15) is 14.4 Å². The Hall–Kier alpha value is -2.87. The van der Waals surface area contributed by atoms with Crippen molar-refractivity contribution in [3.63, 3.8) is 0 Å². The molecular weight excluding hydrogens is 420 g/mol. The number of ether oxygens (including phenoxy) is 1. The minimum absolute atomic E-state index is 0.0595. The summed E-state index contributed by atoms with van der Waals surface area (Å²) >= 11 is 0. The summed E-state index contributed by atoms with van der Waals surface area (Å²) in [6.07, 6.45) is 0.546. The highest BCUT2D eigenvalue weighted by atomic mass is 16.5. The summed E-state index contributed by atoms with van der Waals surface area (Å²) in [4.78, 5) is 44.1. The fraction of sp³-hybridized carbons (Fsp3) is 0.560. The fourth-order valence-electron chi connectivity index (χ4n) is 4.52.